The van der Waals surface area contributed by atoms with Gasteiger partial charge in [0.05, 0.1) is 13.0 Å². The van der Waals surface area contributed by atoms with Crippen molar-refractivity contribution in [2.45, 2.75) is 19.0 Å². The summed E-state index contributed by atoms with van der Waals surface area (Å²) in [7, 11) is 1.65. The van der Waals surface area contributed by atoms with Gasteiger partial charge in [-0.15, -0.1) is 0 Å². The molecule has 176 valence electrons. The van der Waals surface area contributed by atoms with Crippen LogP contribution in [0, 0.1) is 0 Å². The summed E-state index contributed by atoms with van der Waals surface area (Å²) in [4.78, 5) is 16.2. The van der Waals surface area contributed by atoms with Crippen molar-refractivity contribution in [3.63, 3.8) is 0 Å². The van der Waals surface area contributed by atoms with E-state index in [9.17, 15) is 4.79 Å². The van der Waals surface area contributed by atoms with Crippen LogP contribution in [0.1, 0.15) is 28.2 Å². The van der Waals surface area contributed by atoms with Crippen LogP contribution in [-0.2, 0) is 17.9 Å². The smallest absolute Gasteiger partial charge is 0.235 e. The van der Waals surface area contributed by atoms with Gasteiger partial charge in [-0.25, -0.2) is 0 Å². The second kappa shape index (κ2) is 10.3. The summed E-state index contributed by atoms with van der Waals surface area (Å²) in [5.41, 5.74) is 3.94. The van der Waals surface area contributed by atoms with Crippen LogP contribution in [0.2, 0.25) is 0 Å². The number of carbonyl (C=O) groups is 1. The molecular weight excluding hydrogens is 438 g/mol. The summed E-state index contributed by atoms with van der Waals surface area (Å²) in [6.07, 6.45) is 0. The summed E-state index contributed by atoms with van der Waals surface area (Å²) in [6.45, 7) is 1.13. The van der Waals surface area contributed by atoms with Gasteiger partial charge in [-0.05, 0) is 46.5 Å². The molecule has 4 aromatic rings. The van der Waals surface area contributed by atoms with Gasteiger partial charge in [-0.1, -0.05) is 78.9 Å². The van der Waals surface area contributed by atoms with Crippen LogP contribution in [0.3, 0.4) is 0 Å². The monoisotopic (exact) mass is 465 g/mol. The zero-order valence-corrected chi connectivity index (χ0v) is 19.6. The lowest BCUT2D eigenvalue weighted by atomic mass is 9.89. The van der Waals surface area contributed by atoms with E-state index in [1.807, 2.05) is 108 Å². The van der Waals surface area contributed by atoms with Crippen LogP contribution in [0.25, 0.3) is 0 Å². The molecule has 0 saturated carbocycles. The Morgan fingerprint density at radius 3 is 1.97 bits per heavy atom. The molecule has 0 aliphatic carbocycles. The van der Waals surface area contributed by atoms with E-state index in [0.29, 0.717) is 18.8 Å². The first kappa shape index (κ1) is 22.5. The van der Waals surface area contributed by atoms with Gasteiger partial charge >= 0.3 is 0 Å². The van der Waals surface area contributed by atoms with E-state index in [1.165, 1.54) is 0 Å². The van der Waals surface area contributed by atoms with E-state index in [-0.39, 0.29) is 12.7 Å². The Morgan fingerprint density at radius 1 is 0.771 bits per heavy atom. The molecule has 0 N–H and O–H groups in total. The maximum atomic E-state index is 14.3. The molecule has 0 aromatic heterocycles. The summed E-state index contributed by atoms with van der Waals surface area (Å²) in [5.74, 6) is 1.85. The topological polar surface area (TPSA) is 48.0 Å². The molecule has 0 atom stereocenters. The number of hydrogen-bond donors (Lipinski definition) is 0. The van der Waals surface area contributed by atoms with Crippen molar-refractivity contribution in [3.05, 3.63) is 125 Å². The Labute approximate surface area is 205 Å². The molecule has 0 bridgehead atoms. The maximum absolute atomic E-state index is 14.3. The molecule has 35 heavy (non-hydrogen) atoms. The molecule has 0 saturated heterocycles. The highest BCUT2D eigenvalue weighted by molar-refractivity contribution is 5.87. The first-order valence-corrected chi connectivity index (χ1v) is 11.6. The van der Waals surface area contributed by atoms with Gasteiger partial charge in [-0.2, -0.15) is 0 Å². The fraction of sp³-hybridized carbons (Fsp3) is 0.167. The van der Waals surface area contributed by atoms with E-state index < -0.39 is 5.92 Å². The van der Waals surface area contributed by atoms with Gasteiger partial charge in [0.15, 0.2) is 11.5 Å². The largest absolute Gasteiger partial charge is 0.497 e. The fourth-order valence-electron chi connectivity index (χ4n) is 4.37. The second-order valence-corrected chi connectivity index (χ2v) is 8.48. The van der Waals surface area contributed by atoms with E-state index in [4.69, 9.17) is 14.2 Å². The maximum Gasteiger partial charge on any atom is 0.235 e. The van der Waals surface area contributed by atoms with Crippen molar-refractivity contribution >= 4 is 5.91 Å². The first-order valence-electron chi connectivity index (χ1n) is 11.6. The first-order chi connectivity index (χ1) is 17.2. The normalized spacial score (nSPS) is 11.9. The van der Waals surface area contributed by atoms with Crippen molar-refractivity contribution in [3.8, 4) is 17.2 Å². The highest BCUT2D eigenvalue weighted by atomic mass is 16.7. The molecule has 0 radical (unpaired) electrons. The average molecular weight is 466 g/mol. The van der Waals surface area contributed by atoms with Crippen LogP contribution in [0.15, 0.2) is 103 Å². The summed E-state index contributed by atoms with van der Waals surface area (Å²) in [5, 5.41) is 0. The van der Waals surface area contributed by atoms with Gasteiger partial charge < -0.3 is 19.1 Å². The predicted octanol–water partition coefficient (Wildman–Crippen LogP) is 5.78. The molecule has 5 heteroatoms. The van der Waals surface area contributed by atoms with Crippen LogP contribution in [0.4, 0.5) is 0 Å². The summed E-state index contributed by atoms with van der Waals surface area (Å²) >= 11 is 0. The van der Waals surface area contributed by atoms with Crippen molar-refractivity contribution in [2.24, 2.45) is 0 Å². The minimum absolute atomic E-state index is 0.0379. The molecule has 0 fully saturated rings. The third-order valence-corrected chi connectivity index (χ3v) is 6.17. The van der Waals surface area contributed by atoms with E-state index >= 15 is 0 Å². The summed E-state index contributed by atoms with van der Waals surface area (Å²) in [6, 6.07) is 33.6. The number of fused-ring (bicyclic) bond motifs is 1. The number of benzene rings is 4. The van der Waals surface area contributed by atoms with Crippen LogP contribution in [-0.4, -0.2) is 24.7 Å². The number of methoxy groups -OCH3 is 1. The molecular formula is C30H27NO4. The van der Waals surface area contributed by atoms with E-state index in [2.05, 4.69) is 0 Å². The molecule has 1 aliphatic rings. The Bertz CT molecular complexity index is 1230. The molecule has 1 amide bonds. The Balaban J connectivity index is 1.51. The van der Waals surface area contributed by atoms with Gasteiger partial charge in [0.1, 0.15) is 5.75 Å². The Hall–Kier alpha value is -4.25. The van der Waals surface area contributed by atoms with Crippen molar-refractivity contribution in [1.82, 2.24) is 4.90 Å². The van der Waals surface area contributed by atoms with Crippen molar-refractivity contribution in [1.29, 1.82) is 0 Å². The third-order valence-electron chi connectivity index (χ3n) is 6.17. The molecule has 4 aromatic carbocycles. The molecule has 5 rings (SSSR count). The zero-order chi connectivity index (χ0) is 24.0. The standard InChI is InChI=1S/C30H27NO4/c1-33-26-15-12-22(13-16-26)19-31(20-23-14-17-27-28(18-23)35-21-34-27)30(32)29(24-8-4-2-5-9-24)25-10-6-3-7-11-25/h2-18,29H,19-21H2,1H3. The summed E-state index contributed by atoms with van der Waals surface area (Å²) < 4.78 is 16.3. The highest BCUT2D eigenvalue weighted by Gasteiger charge is 2.28. The van der Waals surface area contributed by atoms with Crippen LogP contribution in [0.5, 0.6) is 17.2 Å². The van der Waals surface area contributed by atoms with Gasteiger partial charge in [-0.3, -0.25) is 4.79 Å². The quantitative estimate of drug-likeness (QED) is 0.331. The fourth-order valence-corrected chi connectivity index (χ4v) is 4.37. The lowest BCUT2D eigenvalue weighted by Crippen LogP contribution is -2.35. The molecule has 1 aliphatic heterocycles. The highest BCUT2D eigenvalue weighted by Crippen LogP contribution is 2.34. The number of amides is 1. The molecule has 0 spiro atoms. The number of carbonyl (C=O) groups excluding carboxylic acids is 1. The van der Waals surface area contributed by atoms with E-state index in [0.717, 1.165) is 33.8 Å². The lowest BCUT2D eigenvalue weighted by Gasteiger charge is -2.28. The van der Waals surface area contributed by atoms with Gasteiger partial charge in [0.25, 0.3) is 0 Å². The van der Waals surface area contributed by atoms with Gasteiger partial charge in [0, 0.05) is 13.1 Å². The average Bonchev–Trinajstić information content (AvgIpc) is 3.38. The number of rotatable bonds is 8. The predicted molar refractivity (Wildman–Crippen MR) is 135 cm³/mol. The third kappa shape index (κ3) is 5.14. The number of nitrogens with zero attached hydrogens (tertiary/aromatic N) is 1. The van der Waals surface area contributed by atoms with Crippen molar-refractivity contribution < 1.29 is 19.0 Å². The molecule has 5 nitrogen and oxygen atoms in total. The Morgan fingerprint density at radius 2 is 1.34 bits per heavy atom. The number of ether oxygens (including phenoxy) is 3. The molecule has 0 unspecified atom stereocenters. The Kier molecular flexibility index (Phi) is 6.66. The van der Waals surface area contributed by atoms with Gasteiger partial charge in [0.2, 0.25) is 12.7 Å². The minimum atomic E-state index is -0.412. The van der Waals surface area contributed by atoms with Crippen LogP contribution >= 0.6 is 0 Å². The second-order valence-electron chi connectivity index (χ2n) is 8.48. The van der Waals surface area contributed by atoms with Crippen molar-refractivity contribution in [2.75, 3.05) is 13.9 Å². The SMILES string of the molecule is COc1ccc(CN(Cc2ccc3c(c2)OCO3)C(=O)C(c2ccccc2)c2ccccc2)cc1. The minimum Gasteiger partial charge on any atom is -0.497 e. The number of hydrogen-bond acceptors (Lipinski definition) is 4. The lowest BCUT2D eigenvalue weighted by molar-refractivity contribution is -0.133. The van der Waals surface area contributed by atoms with E-state index in [1.54, 1.807) is 7.11 Å². The molecule has 1 heterocycles. The zero-order valence-electron chi connectivity index (χ0n) is 19.6. The van der Waals surface area contributed by atoms with Crippen LogP contribution < -0.4 is 14.2 Å².